The average Bonchev–Trinajstić information content (AvgIpc) is 0.722. The van der Waals surface area contributed by atoms with Crippen LogP contribution in [-0.4, -0.2) is 71.5 Å². The fourth-order valence-electron chi connectivity index (χ4n) is 0. The third kappa shape index (κ3) is 33.7. The third-order valence-corrected chi connectivity index (χ3v) is 0. The van der Waals surface area contributed by atoms with Crippen LogP contribution in [0.2, 0.25) is 0 Å². The van der Waals surface area contributed by atoms with Gasteiger partial charge in [0, 0.05) is 0 Å². The van der Waals surface area contributed by atoms with Gasteiger partial charge in [-0.05, 0) is 0 Å². The Hall–Kier alpha value is 2.28. The molecule has 0 rings (SSSR count). The van der Waals surface area contributed by atoms with Gasteiger partial charge in [0.25, 0.3) is 0 Å². The summed E-state index contributed by atoms with van der Waals surface area (Å²) in [5.41, 5.74) is 0. The van der Waals surface area contributed by atoms with E-state index in [1.165, 1.54) is 0 Å². The SMILES string of the molecule is [F-].[Li][N+]([Li])([Li])[Li]. The Morgan fingerprint density at radius 2 is 0.833 bits per heavy atom. The summed E-state index contributed by atoms with van der Waals surface area (Å²) in [6.45, 7) is 0. The summed E-state index contributed by atoms with van der Waals surface area (Å²) in [4.78, 5) is 0. The predicted octanol–water partition coefficient (Wildman–Crippen LogP) is -4.86. The van der Waals surface area contributed by atoms with Crippen molar-refractivity contribution in [2.75, 3.05) is 0 Å². The molecular formula is FLi4N. The van der Waals surface area contributed by atoms with E-state index in [1.807, 2.05) is 0 Å². The van der Waals surface area contributed by atoms with Gasteiger partial charge in [-0.15, -0.1) is 0 Å². The van der Waals surface area contributed by atoms with E-state index >= 15 is 0 Å². The fourth-order valence-corrected chi connectivity index (χ4v) is 0. The first-order chi connectivity index (χ1) is 2.00. The number of nitrogens with zero attached hydrogens (tertiary/aromatic N) is 1. The van der Waals surface area contributed by atoms with Gasteiger partial charge >= 0.3 is 71.5 Å². The average molecular weight is 60.8 g/mol. The molecule has 0 amide bonds. The van der Waals surface area contributed by atoms with Crippen molar-refractivity contribution in [2.24, 2.45) is 0 Å². The van der Waals surface area contributed by atoms with E-state index in [0.29, 0.717) is 0 Å². The molecular weight excluding hydrogens is 60.8 g/mol. The standard InChI is InChI=1S/FH.4Li.N/h1H;;;;;/q;;;;;+1/p-1. The van der Waals surface area contributed by atoms with Crippen LogP contribution in [0.1, 0.15) is 0 Å². The number of hydrogen-bond donors (Lipinski definition) is 0. The van der Waals surface area contributed by atoms with Crippen molar-refractivity contribution in [1.29, 1.82) is 0 Å². The minimum atomic E-state index is 0. The first kappa shape index (κ1) is 11.1. The molecule has 16 valence electrons. The summed E-state index contributed by atoms with van der Waals surface area (Å²) in [5.74, 6) is 0. The van der Waals surface area contributed by atoms with Gasteiger partial charge in [-0.25, -0.2) is 0 Å². The number of quaternary nitrogens is 1. The summed E-state index contributed by atoms with van der Waals surface area (Å²) in [7, 11) is 0. The van der Waals surface area contributed by atoms with Gasteiger partial charge in [0.15, 0.2) is 0 Å². The zero-order valence-electron chi connectivity index (χ0n) is 4.83. The molecule has 0 aliphatic carbocycles. The molecule has 1 nitrogen and oxygen atoms in total. The molecule has 0 saturated carbocycles. The monoisotopic (exact) mass is 61.1 g/mol. The van der Waals surface area contributed by atoms with E-state index in [9.17, 15) is 0 Å². The Labute approximate surface area is 75.4 Å². The first-order valence-corrected chi connectivity index (χ1v) is 1.79. The maximum absolute atomic E-state index is 2.12. The van der Waals surface area contributed by atoms with Crippen LogP contribution >= 0.6 is 0 Å². The molecule has 0 spiro atoms. The van der Waals surface area contributed by atoms with Gasteiger partial charge < -0.3 is 4.70 Å². The second-order valence-electron chi connectivity index (χ2n) is 2.68. The molecule has 0 atom stereocenters. The minimum absolute atomic E-state index is 0. The number of halogens is 1. The zero-order valence-corrected chi connectivity index (χ0v) is 4.83. The van der Waals surface area contributed by atoms with Gasteiger partial charge in [0.1, 0.15) is 0 Å². The number of rotatable bonds is 0. The molecule has 0 aromatic rings. The molecule has 0 fully saturated rings. The summed E-state index contributed by atoms with van der Waals surface area (Å²) in [6, 6.07) is 0. The second kappa shape index (κ2) is 4.19. The predicted molar refractivity (Wildman–Crippen MR) is 23.3 cm³/mol. The van der Waals surface area contributed by atoms with Crippen molar-refractivity contribution in [2.45, 2.75) is 0 Å². The number of hydrogen-bond acceptors (Lipinski definition) is 0. The van der Waals surface area contributed by atoms with E-state index in [0.717, 1.165) is -0.262 Å². The van der Waals surface area contributed by atoms with Crippen molar-refractivity contribution < 1.29 is 4.44 Å². The molecule has 0 saturated heterocycles. The Morgan fingerprint density at radius 1 is 0.833 bits per heavy atom. The molecule has 0 heterocycles. The Morgan fingerprint density at radius 3 is 0.833 bits per heavy atom. The van der Waals surface area contributed by atoms with E-state index in [-0.39, 0.29) is 4.70 Å². The van der Waals surface area contributed by atoms with Crippen LogP contribution in [0.4, 0.5) is 0 Å². The van der Waals surface area contributed by atoms with E-state index in [4.69, 9.17) is 0 Å². The first-order valence-electron chi connectivity index (χ1n) is 1.79. The molecule has 0 aliphatic rings. The van der Waals surface area contributed by atoms with Crippen molar-refractivity contribution in [3.63, 3.8) is 0 Å². The van der Waals surface area contributed by atoms with Crippen LogP contribution in [0.3, 0.4) is 0 Å². The molecule has 0 N–H and O–H groups in total. The Bertz CT molecular complexity index is 23.0. The van der Waals surface area contributed by atoms with Crippen molar-refractivity contribution in [1.82, 2.24) is 0 Å². The van der Waals surface area contributed by atoms with Crippen molar-refractivity contribution in [3.05, 3.63) is 0 Å². The van der Waals surface area contributed by atoms with Crippen molar-refractivity contribution in [3.8, 4) is 0 Å². The molecule has 6 heavy (non-hydrogen) atoms. The van der Waals surface area contributed by atoms with Crippen LogP contribution in [-0.2, 0) is 0 Å². The maximum atomic E-state index is 2.12. The van der Waals surface area contributed by atoms with E-state index in [2.05, 4.69) is 71.8 Å². The molecule has 6 heteroatoms. The summed E-state index contributed by atoms with van der Waals surface area (Å²) >= 11 is 8.50. The molecule has 0 radical (unpaired) electrons. The van der Waals surface area contributed by atoms with Gasteiger partial charge in [-0.2, -0.15) is 0 Å². The van der Waals surface area contributed by atoms with E-state index < -0.39 is 0 Å². The van der Waals surface area contributed by atoms with Crippen LogP contribution in [0.25, 0.3) is 0 Å². The normalized spacial score (nSPS) is 10.7. The molecule has 0 aromatic heterocycles. The van der Waals surface area contributed by atoms with Gasteiger partial charge in [-0.1, -0.05) is 0 Å². The molecule has 0 bridgehead atoms. The van der Waals surface area contributed by atoms with Crippen LogP contribution in [0.15, 0.2) is 0 Å². The van der Waals surface area contributed by atoms with Crippen molar-refractivity contribution >= 4 is 71.8 Å². The van der Waals surface area contributed by atoms with Gasteiger partial charge in [0.05, 0.1) is 0 Å². The topological polar surface area (TPSA) is 0 Å². The summed E-state index contributed by atoms with van der Waals surface area (Å²) in [6.07, 6.45) is 0. The Kier molecular flexibility index (Phi) is 7.77. The van der Waals surface area contributed by atoms with E-state index in [1.54, 1.807) is 0 Å². The zero-order chi connectivity index (χ0) is 4.50. The van der Waals surface area contributed by atoms with Crippen LogP contribution in [0.5, 0.6) is 0 Å². The molecule has 0 aliphatic heterocycles. The summed E-state index contributed by atoms with van der Waals surface area (Å²) < 4.78 is 1.00. The Balaban J connectivity index is 0. The second-order valence-corrected chi connectivity index (χ2v) is 2.68. The summed E-state index contributed by atoms with van der Waals surface area (Å²) in [5, 5.41) is 0. The molecule has 0 aromatic carbocycles. The van der Waals surface area contributed by atoms with Crippen LogP contribution in [0, 0.1) is 0 Å². The van der Waals surface area contributed by atoms with Crippen LogP contribution < -0.4 is 4.70 Å². The quantitative estimate of drug-likeness (QED) is 0.246. The molecule has 0 unspecified atom stereocenters. The third-order valence-electron chi connectivity index (χ3n) is 0. The fraction of sp³-hybridized carbons (Fsp3) is 0. The van der Waals surface area contributed by atoms with Gasteiger partial charge in [-0.3, -0.25) is 0 Å². The van der Waals surface area contributed by atoms with Gasteiger partial charge in [0.2, 0.25) is 0 Å².